The molecule has 1 amide bonds. The Morgan fingerprint density at radius 2 is 2.11 bits per heavy atom. The van der Waals surface area contributed by atoms with Crippen LogP contribution in [0, 0.1) is 0 Å². The molecule has 0 aliphatic carbocycles. The average molecular weight is 290 g/mol. The monoisotopic (exact) mass is 289 g/mol. The van der Waals surface area contributed by atoms with Crippen LogP contribution in [0.25, 0.3) is 10.1 Å². The second-order valence-corrected chi connectivity index (χ2v) is 5.24. The normalized spacial score (nSPS) is 10.6. The number of fused-ring (bicyclic) bond motifs is 1. The van der Waals surface area contributed by atoms with Crippen LogP contribution in [0.1, 0.15) is 9.67 Å². The molecule has 3 aromatic rings. The summed E-state index contributed by atoms with van der Waals surface area (Å²) in [5, 5.41) is 3.94. The molecular formula is C13H8ClN3OS. The van der Waals surface area contributed by atoms with E-state index in [4.69, 9.17) is 11.6 Å². The number of pyridine rings is 2. The Hall–Kier alpha value is -1.98. The fourth-order valence-corrected chi connectivity index (χ4v) is 2.88. The molecule has 0 spiro atoms. The maximum atomic E-state index is 12.1. The number of amides is 1. The second-order valence-electron chi connectivity index (χ2n) is 3.79. The van der Waals surface area contributed by atoms with Gasteiger partial charge in [0.1, 0.15) is 11.0 Å². The van der Waals surface area contributed by atoms with Crippen molar-refractivity contribution in [3.8, 4) is 0 Å². The van der Waals surface area contributed by atoms with Crippen LogP contribution in [-0.4, -0.2) is 15.9 Å². The number of carbonyl (C=O) groups is 1. The van der Waals surface area contributed by atoms with Crippen LogP contribution in [0.15, 0.2) is 42.7 Å². The van der Waals surface area contributed by atoms with Crippen molar-refractivity contribution in [3.63, 3.8) is 0 Å². The first kappa shape index (κ1) is 12.1. The molecule has 19 heavy (non-hydrogen) atoms. The van der Waals surface area contributed by atoms with E-state index in [0.29, 0.717) is 15.8 Å². The molecule has 0 aliphatic rings. The average Bonchev–Trinajstić information content (AvgIpc) is 2.85. The van der Waals surface area contributed by atoms with E-state index in [1.807, 2.05) is 12.1 Å². The zero-order chi connectivity index (χ0) is 13.2. The number of nitrogens with zero attached hydrogens (tertiary/aromatic N) is 2. The highest BCUT2D eigenvalue weighted by molar-refractivity contribution is 7.21. The third-order valence-corrected chi connectivity index (χ3v) is 3.93. The number of carbonyl (C=O) groups excluding carboxylic acids is 1. The first-order valence-corrected chi connectivity index (χ1v) is 6.70. The van der Waals surface area contributed by atoms with Crippen molar-refractivity contribution in [3.05, 3.63) is 52.8 Å². The minimum absolute atomic E-state index is 0.198. The largest absolute Gasteiger partial charge is 0.306 e. The van der Waals surface area contributed by atoms with Gasteiger partial charge in [-0.1, -0.05) is 17.7 Å². The van der Waals surface area contributed by atoms with E-state index in [9.17, 15) is 4.79 Å². The van der Waals surface area contributed by atoms with Crippen molar-refractivity contribution in [1.82, 2.24) is 9.97 Å². The number of rotatable bonds is 2. The predicted molar refractivity (Wildman–Crippen MR) is 76.8 cm³/mol. The molecule has 0 atom stereocenters. The van der Waals surface area contributed by atoms with Crippen molar-refractivity contribution < 1.29 is 4.79 Å². The van der Waals surface area contributed by atoms with E-state index in [1.165, 1.54) is 11.3 Å². The topological polar surface area (TPSA) is 54.9 Å². The molecular weight excluding hydrogens is 282 g/mol. The Morgan fingerprint density at radius 3 is 2.84 bits per heavy atom. The van der Waals surface area contributed by atoms with Crippen molar-refractivity contribution in [2.45, 2.75) is 0 Å². The molecule has 0 saturated carbocycles. The lowest BCUT2D eigenvalue weighted by Gasteiger charge is -2.00. The number of nitrogens with one attached hydrogen (secondary N) is 1. The third kappa shape index (κ3) is 2.43. The summed E-state index contributed by atoms with van der Waals surface area (Å²) in [6, 6.07) is 8.92. The summed E-state index contributed by atoms with van der Waals surface area (Å²) < 4.78 is 0.936. The Labute approximate surface area is 118 Å². The number of anilines is 1. The van der Waals surface area contributed by atoms with Gasteiger partial charge in [-0.05, 0) is 24.3 Å². The summed E-state index contributed by atoms with van der Waals surface area (Å²) in [4.78, 5) is 20.7. The highest BCUT2D eigenvalue weighted by atomic mass is 35.5. The molecule has 0 radical (unpaired) electrons. The van der Waals surface area contributed by atoms with Crippen molar-refractivity contribution in [1.29, 1.82) is 0 Å². The van der Waals surface area contributed by atoms with Crippen LogP contribution in [0.3, 0.4) is 0 Å². The van der Waals surface area contributed by atoms with Gasteiger partial charge in [-0.25, -0.2) is 9.97 Å². The predicted octanol–water partition coefficient (Wildman–Crippen LogP) is 3.60. The summed E-state index contributed by atoms with van der Waals surface area (Å²) >= 11 is 7.36. The number of hydrogen-bond acceptors (Lipinski definition) is 4. The van der Waals surface area contributed by atoms with E-state index < -0.39 is 0 Å². The van der Waals surface area contributed by atoms with E-state index >= 15 is 0 Å². The molecule has 0 aliphatic heterocycles. The SMILES string of the molecule is O=C(Nc1ccccn1)c1cc2c(Cl)nccc2s1. The van der Waals surface area contributed by atoms with Gasteiger partial charge >= 0.3 is 0 Å². The van der Waals surface area contributed by atoms with E-state index in [-0.39, 0.29) is 5.91 Å². The number of aromatic nitrogens is 2. The van der Waals surface area contributed by atoms with Gasteiger partial charge in [-0.2, -0.15) is 0 Å². The van der Waals surface area contributed by atoms with Crippen molar-refractivity contribution in [2.24, 2.45) is 0 Å². The van der Waals surface area contributed by atoms with Crippen LogP contribution in [0.4, 0.5) is 5.82 Å². The Morgan fingerprint density at radius 1 is 1.21 bits per heavy atom. The smallest absolute Gasteiger partial charge is 0.266 e. The lowest BCUT2D eigenvalue weighted by atomic mass is 10.3. The van der Waals surface area contributed by atoms with Gasteiger partial charge in [0.25, 0.3) is 5.91 Å². The maximum Gasteiger partial charge on any atom is 0.266 e. The highest BCUT2D eigenvalue weighted by Gasteiger charge is 2.12. The fourth-order valence-electron chi connectivity index (χ4n) is 1.66. The van der Waals surface area contributed by atoms with Gasteiger partial charge < -0.3 is 5.32 Å². The number of halogens is 1. The minimum atomic E-state index is -0.198. The standard InChI is InChI=1S/C13H8ClN3OS/c14-12-8-7-10(19-9(8)4-6-16-12)13(18)17-11-3-1-2-5-15-11/h1-7H,(H,15,17,18). The quantitative estimate of drug-likeness (QED) is 0.733. The summed E-state index contributed by atoms with van der Waals surface area (Å²) in [6.07, 6.45) is 3.25. The summed E-state index contributed by atoms with van der Waals surface area (Å²) in [5.41, 5.74) is 0. The molecule has 3 aromatic heterocycles. The van der Waals surface area contributed by atoms with Gasteiger partial charge in [0.15, 0.2) is 0 Å². The lowest BCUT2D eigenvalue weighted by Crippen LogP contribution is -2.10. The summed E-state index contributed by atoms with van der Waals surface area (Å²) in [6.45, 7) is 0. The molecule has 94 valence electrons. The third-order valence-electron chi connectivity index (χ3n) is 2.53. The van der Waals surface area contributed by atoms with E-state index in [0.717, 1.165) is 10.1 Å². The first-order valence-electron chi connectivity index (χ1n) is 5.50. The van der Waals surface area contributed by atoms with Crippen LogP contribution >= 0.6 is 22.9 Å². The molecule has 0 bridgehead atoms. The molecule has 3 heterocycles. The van der Waals surface area contributed by atoms with E-state index in [1.54, 1.807) is 30.6 Å². The van der Waals surface area contributed by atoms with Gasteiger partial charge in [0.05, 0.1) is 4.88 Å². The Balaban J connectivity index is 1.92. The van der Waals surface area contributed by atoms with Gasteiger partial charge in [-0.15, -0.1) is 11.3 Å². The van der Waals surface area contributed by atoms with Gasteiger partial charge in [-0.3, -0.25) is 4.79 Å². The number of thiophene rings is 1. The molecule has 3 rings (SSSR count). The van der Waals surface area contributed by atoms with E-state index in [2.05, 4.69) is 15.3 Å². The molecule has 1 N–H and O–H groups in total. The second kappa shape index (κ2) is 4.95. The molecule has 4 nitrogen and oxygen atoms in total. The molecule has 0 unspecified atom stereocenters. The molecule has 0 fully saturated rings. The maximum absolute atomic E-state index is 12.1. The van der Waals surface area contributed by atoms with Gasteiger partial charge in [0.2, 0.25) is 0 Å². The summed E-state index contributed by atoms with van der Waals surface area (Å²) in [7, 11) is 0. The zero-order valence-corrected chi connectivity index (χ0v) is 11.2. The Kier molecular flexibility index (Phi) is 3.15. The van der Waals surface area contributed by atoms with Crippen LogP contribution in [-0.2, 0) is 0 Å². The van der Waals surface area contributed by atoms with Crippen LogP contribution in [0.2, 0.25) is 5.15 Å². The lowest BCUT2D eigenvalue weighted by molar-refractivity contribution is 0.103. The highest BCUT2D eigenvalue weighted by Crippen LogP contribution is 2.29. The van der Waals surface area contributed by atoms with Crippen molar-refractivity contribution >= 4 is 44.7 Å². The van der Waals surface area contributed by atoms with Crippen LogP contribution < -0.4 is 5.32 Å². The molecule has 0 saturated heterocycles. The zero-order valence-electron chi connectivity index (χ0n) is 9.63. The number of hydrogen-bond donors (Lipinski definition) is 1. The van der Waals surface area contributed by atoms with Crippen LogP contribution in [0.5, 0.6) is 0 Å². The van der Waals surface area contributed by atoms with Crippen molar-refractivity contribution in [2.75, 3.05) is 5.32 Å². The summed E-state index contributed by atoms with van der Waals surface area (Å²) in [5.74, 6) is 0.324. The Bertz CT molecular complexity index is 742. The fraction of sp³-hybridized carbons (Fsp3) is 0. The minimum Gasteiger partial charge on any atom is -0.306 e. The molecule has 0 aromatic carbocycles. The molecule has 6 heteroatoms. The van der Waals surface area contributed by atoms with Gasteiger partial charge in [0, 0.05) is 22.5 Å². The first-order chi connectivity index (χ1) is 9.24.